The normalized spacial score (nSPS) is 25.5. The van der Waals surface area contributed by atoms with Crippen LogP contribution in [0, 0.1) is 10.8 Å². The number of nitrogens with zero attached hydrogens (tertiary/aromatic N) is 8. The number of carbonyl (C=O) groups is 7. The highest BCUT2D eigenvalue weighted by Gasteiger charge is 2.64. The fraction of sp³-hybridized carbons (Fsp3) is 0.545. The molecule has 20 heteroatoms. The van der Waals surface area contributed by atoms with Gasteiger partial charge in [0.25, 0.3) is 0 Å². The molecular weight excluding hydrogens is 1760 g/mol. The van der Waals surface area contributed by atoms with Crippen LogP contribution in [0.5, 0.6) is 0 Å². The number of para-hydroxylation sites is 2. The SMILES string of the molecule is CC(C)(C)OC(=O)C1(c2ccccc2)CC[N+](C)(C)CC1.CCC(=O)OC1(c2ccccc2)CC(C)[N+](C)(C)CC1(C)C.CCC(=O)OC1(c2ccccc2)CC[N+](C)(C)CC1(C)C.CCC(=O)[N+](C)(c1ccccc1)C1(C)CC[N+](C)(CCc2ccccc2)CC1.CCOC(=O)C1(c2ccccc2)CC[N+](C)(C)CC1.COC(=O)[N+](C(C)=O)(c1ccccc1)C1(C)CC[N+](C)(CCc2ccccc2)CC1. The second-order valence-electron chi connectivity index (χ2n) is 47.4. The molecule has 0 aliphatic carbocycles. The molecule has 14 rings (SSSR count). The van der Waals surface area contributed by atoms with E-state index in [0.29, 0.717) is 48.0 Å². The van der Waals surface area contributed by atoms with E-state index in [1.54, 1.807) is 0 Å². The van der Waals surface area contributed by atoms with Gasteiger partial charge in [-0.25, -0.2) is 14.1 Å². The predicted molar refractivity (Wildman–Crippen MR) is 573 cm³/mol. The molecule has 0 aromatic heterocycles. The fourth-order valence-corrected chi connectivity index (χ4v) is 23.4. The lowest BCUT2D eigenvalue weighted by Crippen LogP contribution is -2.73. The second-order valence-corrected chi connectivity index (χ2v) is 47.4. The largest absolute Gasteiger partial charge is 0.529 e. The minimum atomic E-state index is -0.551. The Hall–Kier alpha value is -9.87. The number of rotatable bonds is 22. The summed E-state index contributed by atoms with van der Waals surface area (Å²) in [5.74, 6) is -0.234. The number of hydrogen-bond donors (Lipinski definition) is 0. The Morgan fingerprint density at radius 2 is 0.723 bits per heavy atom. The van der Waals surface area contributed by atoms with E-state index in [1.807, 2.05) is 164 Å². The van der Waals surface area contributed by atoms with E-state index in [2.05, 4.69) is 253 Å². The van der Waals surface area contributed by atoms with Crippen LogP contribution in [-0.4, -0.2) is 268 Å². The maximum Gasteiger partial charge on any atom is 0.529 e. The number of esters is 4. The van der Waals surface area contributed by atoms with Gasteiger partial charge in [-0.15, -0.1) is 4.48 Å². The van der Waals surface area contributed by atoms with E-state index in [-0.39, 0.29) is 50.6 Å². The topological polar surface area (TPSA) is 166 Å². The lowest BCUT2D eigenvalue weighted by molar-refractivity contribution is -0.928. The van der Waals surface area contributed by atoms with Gasteiger partial charge >= 0.3 is 41.8 Å². The standard InChI is InChI=1S/C25H34N2O3.C25H36N2O.C19H30NO2.2C18H28NO2.C16H24NO2/c1-21(28)27(24(29)30-4,23-13-9-6-10-14-23)25(2)16-19-26(3,20-17-25)18-15-22-11-7-5-8-12-22;1-5-24(28)27(4,23-14-10-7-11-15-23)25(2)17-20-26(3,21-18-25)19-16-22-12-8-6-9-13-22;1-7-17(21)22-19(16-11-9-8-10-12-16)13-15(2)20(5,6)14-18(19,3)4;1-17(2,3)21-16(20)18(15-9-7-6-8-10-15)11-13-19(4,5)14-12-18;1-6-16(20)21-18(15-10-8-7-9-11-15)12-13-19(4,5)14-17(18,2)3;1-4-19-15(18)16(14-8-6-5-7-9-14)10-12-17(2,3)13-11-16/h5-14H,15-20H2,1-4H3;6-15H,5,16-21H2,1-4H3;8-12,15H,7,13-14H2,1-6H3;6-10H,11-14H2,1-5H3;7-11H,6,12-14H2,1-5H3;5-9H,4,10-13H2,1-3H3/q2*+2;4*+1. The van der Waals surface area contributed by atoms with Crippen LogP contribution in [0.25, 0.3) is 0 Å². The van der Waals surface area contributed by atoms with Crippen LogP contribution in [0.4, 0.5) is 16.2 Å². The third-order valence-corrected chi connectivity index (χ3v) is 33.3. The maximum absolute atomic E-state index is 13.2. The smallest absolute Gasteiger partial charge is 0.465 e. The zero-order valence-electron chi connectivity index (χ0n) is 91.7. The number of amides is 3. The highest BCUT2D eigenvalue weighted by Crippen LogP contribution is 2.54. The molecule has 0 N–H and O–H groups in total. The first-order valence-corrected chi connectivity index (χ1v) is 52.2. The van der Waals surface area contributed by atoms with Gasteiger partial charge in [0.05, 0.1) is 232 Å². The van der Waals surface area contributed by atoms with E-state index in [4.69, 9.17) is 23.7 Å². The van der Waals surface area contributed by atoms with Crippen molar-refractivity contribution in [3.63, 3.8) is 0 Å². The van der Waals surface area contributed by atoms with Crippen molar-refractivity contribution < 1.29 is 84.1 Å². The van der Waals surface area contributed by atoms with E-state index >= 15 is 0 Å². The van der Waals surface area contributed by atoms with Crippen LogP contribution in [0.2, 0.25) is 0 Å². The predicted octanol–water partition coefficient (Wildman–Crippen LogP) is 21.9. The molecule has 8 aromatic rings. The lowest BCUT2D eigenvalue weighted by atomic mass is 9.64. The highest BCUT2D eigenvalue weighted by atomic mass is 16.6. The molecule has 5 atom stereocenters. The third-order valence-electron chi connectivity index (χ3n) is 33.3. The zero-order chi connectivity index (χ0) is 104. The van der Waals surface area contributed by atoms with Crippen LogP contribution in [0.3, 0.4) is 0 Å². The summed E-state index contributed by atoms with van der Waals surface area (Å²) in [6.07, 6.45) is 11.8. The number of methoxy groups -OCH3 is 1. The summed E-state index contributed by atoms with van der Waals surface area (Å²) < 4.78 is 34.5. The maximum atomic E-state index is 13.2. The highest BCUT2D eigenvalue weighted by molar-refractivity contribution is 6.06. The molecule has 20 nitrogen and oxygen atoms in total. The lowest BCUT2D eigenvalue weighted by Gasteiger charge is -2.56. The molecule has 0 spiro atoms. The molecular formula is C121H180N8O12+8. The molecule has 0 saturated carbocycles. The summed E-state index contributed by atoms with van der Waals surface area (Å²) in [6.45, 7) is 44.2. The summed E-state index contributed by atoms with van der Waals surface area (Å²) in [5, 5.41) is 0. The summed E-state index contributed by atoms with van der Waals surface area (Å²) in [6, 6.07) is 82.3. The summed E-state index contributed by atoms with van der Waals surface area (Å²) >= 11 is 0. The number of piperidine rings is 6. The molecule has 3 amide bonds. The quantitative estimate of drug-likeness (QED) is 0.0359. The summed E-state index contributed by atoms with van der Waals surface area (Å²) in [7, 11) is 26.1. The van der Waals surface area contributed by atoms with Crippen LogP contribution in [0.15, 0.2) is 243 Å². The van der Waals surface area contributed by atoms with Crippen molar-refractivity contribution in [3.8, 4) is 0 Å². The minimum Gasteiger partial charge on any atom is -0.465 e. The first-order valence-electron chi connectivity index (χ1n) is 52.2. The van der Waals surface area contributed by atoms with Gasteiger partial charge in [0, 0.05) is 76.3 Å². The Morgan fingerprint density at radius 1 is 0.390 bits per heavy atom. The summed E-state index contributed by atoms with van der Waals surface area (Å²) in [5.41, 5.74) is 5.73. The van der Waals surface area contributed by atoms with E-state index in [0.717, 1.165) is 217 Å². The van der Waals surface area contributed by atoms with E-state index in [9.17, 15) is 33.6 Å². The third kappa shape index (κ3) is 27.2. The van der Waals surface area contributed by atoms with Crippen molar-refractivity contribution in [2.45, 2.75) is 245 Å². The van der Waals surface area contributed by atoms with Crippen molar-refractivity contribution in [2.75, 3.05) is 176 Å². The minimum absolute atomic E-state index is 0.0547. The van der Waals surface area contributed by atoms with Crippen LogP contribution in [0.1, 0.15) is 221 Å². The number of likely N-dealkylation sites (N-methyl/N-ethyl adjacent to an activating group) is 2. The summed E-state index contributed by atoms with van der Waals surface area (Å²) in [4.78, 5) is 89.2. The molecule has 8 aromatic carbocycles. The Morgan fingerprint density at radius 3 is 1.08 bits per heavy atom. The van der Waals surface area contributed by atoms with E-state index in [1.165, 1.54) is 25.2 Å². The van der Waals surface area contributed by atoms with Gasteiger partial charge in [0.15, 0.2) is 16.9 Å². The van der Waals surface area contributed by atoms with Crippen LogP contribution < -0.4 is 8.97 Å². The van der Waals surface area contributed by atoms with Gasteiger partial charge in [-0.05, 0) is 94.0 Å². The average Bonchev–Trinajstić information content (AvgIpc) is 0.718. The molecule has 6 aliphatic rings. The van der Waals surface area contributed by atoms with Gasteiger partial charge < -0.3 is 50.6 Å². The van der Waals surface area contributed by atoms with Crippen LogP contribution >= 0.6 is 0 Å². The molecule has 141 heavy (non-hydrogen) atoms. The first-order chi connectivity index (χ1) is 66.1. The molecule has 768 valence electrons. The van der Waals surface area contributed by atoms with Crippen molar-refractivity contribution in [2.24, 2.45) is 10.8 Å². The number of benzene rings is 8. The van der Waals surface area contributed by atoms with E-state index < -0.39 is 39.3 Å². The number of imide groups is 1. The van der Waals surface area contributed by atoms with Gasteiger partial charge in [0.2, 0.25) is 0 Å². The number of hydrogen-bond acceptors (Lipinski definition) is 12. The number of carbonyl (C=O) groups excluding carboxylic acids is 7. The Balaban J connectivity index is 0.000000190. The molecule has 6 heterocycles. The molecule has 6 aliphatic heterocycles. The second kappa shape index (κ2) is 47.3. The molecule has 0 radical (unpaired) electrons. The number of quaternary nitrogens is 8. The van der Waals surface area contributed by atoms with Gasteiger partial charge in [0.1, 0.15) is 33.2 Å². The van der Waals surface area contributed by atoms with Gasteiger partial charge in [-0.1, -0.05) is 267 Å². The fourth-order valence-electron chi connectivity index (χ4n) is 23.4. The van der Waals surface area contributed by atoms with Crippen molar-refractivity contribution in [3.05, 3.63) is 276 Å². The molecule has 6 saturated heterocycles. The average molecular weight is 1940 g/mol. The van der Waals surface area contributed by atoms with Crippen molar-refractivity contribution in [1.82, 2.24) is 8.97 Å². The molecule has 6 fully saturated rings. The van der Waals surface area contributed by atoms with Crippen LogP contribution in [-0.2, 0) is 87.3 Å². The van der Waals surface area contributed by atoms with Crippen molar-refractivity contribution >= 4 is 53.2 Å². The number of ether oxygens (including phenoxy) is 5. The monoisotopic (exact) mass is 1940 g/mol. The van der Waals surface area contributed by atoms with Gasteiger partial charge in [-0.3, -0.25) is 19.2 Å². The molecule has 0 bridgehead atoms. The van der Waals surface area contributed by atoms with Crippen molar-refractivity contribution in [1.29, 1.82) is 0 Å². The molecule has 5 unspecified atom stereocenters. The van der Waals surface area contributed by atoms with Gasteiger partial charge in [-0.2, -0.15) is 4.79 Å². The Labute approximate surface area is 849 Å². The number of likely N-dealkylation sites (tertiary alicyclic amines) is 6. The Kier molecular flexibility index (Phi) is 38.5. The zero-order valence-corrected chi connectivity index (χ0v) is 91.7. The Bertz CT molecular complexity index is 5310. The first kappa shape index (κ1) is 115.